The summed E-state index contributed by atoms with van der Waals surface area (Å²) in [7, 11) is 0. The smallest absolute Gasteiger partial charge is 0.225 e. The van der Waals surface area contributed by atoms with Crippen LogP contribution in [0.4, 0.5) is 5.82 Å². The van der Waals surface area contributed by atoms with Gasteiger partial charge in [-0.05, 0) is 18.8 Å². The van der Waals surface area contributed by atoms with Crippen molar-refractivity contribution in [3.63, 3.8) is 0 Å². The average molecular weight is 212 g/mol. The second-order valence-electron chi connectivity index (χ2n) is 3.42. The molecule has 0 atom stereocenters. The molecule has 1 amide bonds. The van der Waals surface area contributed by atoms with Gasteiger partial charge in [0.25, 0.3) is 0 Å². The van der Waals surface area contributed by atoms with E-state index in [0.29, 0.717) is 23.3 Å². The molecule has 0 aliphatic heterocycles. The fraction of sp³-hybridized carbons (Fsp3) is 0.444. The molecule has 1 fully saturated rings. The van der Waals surface area contributed by atoms with Gasteiger partial charge >= 0.3 is 0 Å². The third-order valence-electron chi connectivity index (χ3n) is 2.06. The van der Waals surface area contributed by atoms with E-state index in [0.717, 1.165) is 0 Å². The SMILES string of the molecule is O=C(CC1CC1)Nc1cnc(Cl)cn1. The number of anilines is 1. The second kappa shape index (κ2) is 3.92. The molecular weight excluding hydrogens is 202 g/mol. The van der Waals surface area contributed by atoms with Gasteiger partial charge in [-0.3, -0.25) is 4.79 Å². The van der Waals surface area contributed by atoms with Crippen LogP contribution in [0, 0.1) is 5.92 Å². The molecular formula is C9H10ClN3O. The standard InChI is InChI=1S/C9H10ClN3O/c10-7-4-12-8(5-11-7)13-9(14)3-6-1-2-6/h4-6H,1-3H2,(H,12,13,14). The Morgan fingerprint density at radius 1 is 1.50 bits per heavy atom. The molecule has 0 radical (unpaired) electrons. The van der Waals surface area contributed by atoms with Gasteiger partial charge in [0, 0.05) is 6.42 Å². The van der Waals surface area contributed by atoms with Crippen molar-refractivity contribution in [3.8, 4) is 0 Å². The Morgan fingerprint density at radius 3 is 2.86 bits per heavy atom. The number of carbonyl (C=O) groups is 1. The van der Waals surface area contributed by atoms with Crippen LogP contribution in [0.2, 0.25) is 5.15 Å². The van der Waals surface area contributed by atoms with E-state index in [1.165, 1.54) is 25.2 Å². The number of halogens is 1. The molecule has 1 aromatic rings. The third-order valence-corrected chi connectivity index (χ3v) is 2.25. The molecule has 0 unspecified atom stereocenters. The lowest BCUT2D eigenvalue weighted by Crippen LogP contribution is -2.13. The molecule has 1 aromatic heterocycles. The van der Waals surface area contributed by atoms with Crippen LogP contribution in [0.15, 0.2) is 12.4 Å². The van der Waals surface area contributed by atoms with Crippen LogP contribution < -0.4 is 5.32 Å². The number of hydrogen-bond acceptors (Lipinski definition) is 3. The molecule has 4 nitrogen and oxygen atoms in total. The lowest BCUT2D eigenvalue weighted by Gasteiger charge is -2.02. The molecule has 1 saturated carbocycles. The Balaban J connectivity index is 1.89. The Kier molecular flexibility index (Phi) is 2.63. The fourth-order valence-corrected chi connectivity index (χ4v) is 1.25. The molecule has 14 heavy (non-hydrogen) atoms. The first kappa shape index (κ1) is 9.40. The lowest BCUT2D eigenvalue weighted by molar-refractivity contribution is -0.116. The predicted molar refractivity (Wildman–Crippen MR) is 53.0 cm³/mol. The van der Waals surface area contributed by atoms with Crippen molar-refractivity contribution in [1.82, 2.24) is 9.97 Å². The van der Waals surface area contributed by atoms with Crippen molar-refractivity contribution in [1.29, 1.82) is 0 Å². The Bertz CT molecular complexity index is 334. The quantitative estimate of drug-likeness (QED) is 0.831. The zero-order valence-electron chi connectivity index (χ0n) is 7.53. The molecule has 2 rings (SSSR count). The topological polar surface area (TPSA) is 54.9 Å². The van der Waals surface area contributed by atoms with Crippen LogP contribution in [0.1, 0.15) is 19.3 Å². The molecule has 1 aliphatic carbocycles. The molecule has 0 aromatic carbocycles. The summed E-state index contributed by atoms with van der Waals surface area (Å²) in [6.45, 7) is 0. The number of nitrogens with zero attached hydrogens (tertiary/aromatic N) is 2. The third kappa shape index (κ3) is 2.67. The van der Waals surface area contributed by atoms with E-state index in [2.05, 4.69) is 15.3 Å². The molecule has 5 heteroatoms. The summed E-state index contributed by atoms with van der Waals surface area (Å²) in [4.78, 5) is 19.1. The normalized spacial score (nSPS) is 15.2. The second-order valence-corrected chi connectivity index (χ2v) is 3.81. The van der Waals surface area contributed by atoms with Crippen molar-refractivity contribution in [3.05, 3.63) is 17.5 Å². The minimum Gasteiger partial charge on any atom is -0.309 e. The van der Waals surface area contributed by atoms with Gasteiger partial charge in [0.05, 0.1) is 12.4 Å². The van der Waals surface area contributed by atoms with Crippen molar-refractivity contribution in [2.45, 2.75) is 19.3 Å². The number of aromatic nitrogens is 2. The van der Waals surface area contributed by atoms with Crippen molar-refractivity contribution >= 4 is 23.3 Å². The lowest BCUT2D eigenvalue weighted by atomic mass is 10.3. The van der Waals surface area contributed by atoms with Gasteiger partial charge in [0.15, 0.2) is 5.82 Å². The van der Waals surface area contributed by atoms with Gasteiger partial charge in [-0.1, -0.05) is 11.6 Å². The molecule has 1 heterocycles. The Hall–Kier alpha value is -1.16. The van der Waals surface area contributed by atoms with Gasteiger partial charge in [0.2, 0.25) is 5.91 Å². The maximum absolute atomic E-state index is 11.3. The van der Waals surface area contributed by atoms with Crippen molar-refractivity contribution < 1.29 is 4.79 Å². The number of nitrogens with one attached hydrogen (secondary N) is 1. The molecule has 74 valence electrons. The largest absolute Gasteiger partial charge is 0.309 e. The first-order valence-corrected chi connectivity index (χ1v) is 4.89. The highest BCUT2D eigenvalue weighted by atomic mass is 35.5. The van der Waals surface area contributed by atoms with Gasteiger partial charge < -0.3 is 5.32 Å². The molecule has 1 N–H and O–H groups in total. The zero-order valence-corrected chi connectivity index (χ0v) is 8.29. The number of hydrogen-bond donors (Lipinski definition) is 1. The van der Waals surface area contributed by atoms with E-state index >= 15 is 0 Å². The maximum Gasteiger partial charge on any atom is 0.225 e. The van der Waals surface area contributed by atoms with E-state index in [-0.39, 0.29) is 5.91 Å². The molecule has 0 bridgehead atoms. The van der Waals surface area contributed by atoms with Crippen LogP contribution in [0.25, 0.3) is 0 Å². The van der Waals surface area contributed by atoms with Crippen LogP contribution in [0.5, 0.6) is 0 Å². The van der Waals surface area contributed by atoms with Crippen molar-refractivity contribution in [2.24, 2.45) is 5.92 Å². The molecule has 0 saturated heterocycles. The Morgan fingerprint density at radius 2 is 2.29 bits per heavy atom. The molecule has 0 spiro atoms. The van der Waals surface area contributed by atoms with Gasteiger partial charge in [-0.2, -0.15) is 0 Å². The van der Waals surface area contributed by atoms with Gasteiger partial charge in [-0.15, -0.1) is 0 Å². The first-order valence-electron chi connectivity index (χ1n) is 4.51. The summed E-state index contributed by atoms with van der Waals surface area (Å²) in [6.07, 6.45) is 5.78. The van der Waals surface area contributed by atoms with Crippen LogP contribution >= 0.6 is 11.6 Å². The van der Waals surface area contributed by atoms with E-state index in [4.69, 9.17) is 11.6 Å². The van der Waals surface area contributed by atoms with Gasteiger partial charge in [0.1, 0.15) is 5.15 Å². The highest BCUT2D eigenvalue weighted by Gasteiger charge is 2.24. The zero-order chi connectivity index (χ0) is 9.97. The fourth-order valence-electron chi connectivity index (χ4n) is 1.15. The highest BCUT2D eigenvalue weighted by Crippen LogP contribution is 2.32. The predicted octanol–water partition coefficient (Wildman–Crippen LogP) is 1.87. The maximum atomic E-state index is 11.3. The summed E-state index contributed by atoms with van der Waals surface area (Å²) in [6, 6.07) is 0. The Labute approximate surface area is 86.7 Å². The van der Waals surface area contributed by atoms with Gasteiger partial charge in [-0.25, -0.2) is 9.97 Å². The minimum atomic E-state index is 0.00382. The van der Waals surface area contributed by atoms with E-state index in [9.17, 15) is 4.79 Å². The minimum absolute atomic E-state index is 0.00382. The number of rotatable bonds is 3. The van der Waals surface area contributed by atoms with E-state index in [1.54, 1.807) is 0 Å². The summed E-state index contributed by atoms with van der Waals surface area (Å²) >= 11 is 5.56. The van der Waals surface area contributed by atoms with Crippen LogP contribution in [0.3, 0.4) is 0 Å². The van der Waals surface area contributed by atoms with E-state index < -0.39 is 0 Å². The number of amides is 1. The highest BCUT2D eigenvalue weighted by molar-refractivity contribution is 6.29. The van der Waals surface area contributed by atoms with Crippen LogP contribution in [-0.2, 0) is 4.79 Å². The summed E-state index contributed by atoms with van der Waals surface area (Å²) in [5.41, 5.74) is 0. The summed E-state index contributed by atoms with van der Waals surface area (Å²) < 4.78 is 0. The monoisotopic (exact) mass is 211 g/mol. The summed E-state index contributed by atoms with van der Waals surface area (Å²) in [5.74, 6) is 1.04. The summed E-state index contributed by atoms with van der Waals surface area (Å²) in [5, 5.41) is 2.99. The first-order chi connectivity index (χ1) is 6.74. The molecule has 1 aliphatic rings. The average Bonchev–Trinajstić information content (AvgIpc) is 2.93. The van der Waals surface area contributed by atoms with Crippen LogP contribution in [-0.4, -0.2) is 15.9 Å². The van der Waals surface area contributed by atoms with Crippen molar-refractivity contribution in [2.75, 3.05) is 5.32 Å². The van der Waals surface area contributed by atoms with E-state index in [1.807, 2.05) is 0 Å². The number of carbonyl (C=O) groups excluding carboxylic acids is 1.